The topological polar surface area (TPSA) is 92.8 Å². The summed E-state index contributed by atoms with van der Waals surface area (Å²) in [5.41, 5.74) is 3.72. The van der Waals surface area contributed by atoms with E-state index in [1.54, 1.807) is 0 Å². The zero-order valence-corrected chi connectivity index (χ0v) is 8.59. The van der Waals surface area contributed by atoms with Crippen LogP contribution >= 0.6 is 0 Å². The van der Waals surface area contributed by atoms with E-state index in [2.05, 4.69) is 4.99 Å². The van der Waals surface area contributed by atoms with Gasteiger partial charge in [0.05, 0.1) is 0 Å². The number of hydrogen-bond acceptors (Lipinski definition) is 4. The lowest BCUT2D eigenvalue weighted by Gasteiger charge is -2.17. The number of rotatable bonds is 5. The minimum atomic E-state index is -2.16. The number of nitrogens with two attached hydrogens (primary N) is 1. The molecule has 0 aliphatic heterocycles. The minimum absolute atomic E-state index is 0.0401. The predicted molar refractivity (Wildman–Crippen MR) is 57.0 cm³/mol. The zero-order chi connectivity index (χ0) is 12.0. The van der Waals surface area contributed by atoms with Gasteiger partial charge in [-0.15, -0.1) is 0 Å². The molecule has 1 aromatic carbocycles. The van der Waals surface area contributed by atoms with Crippen molar-refractivity contribution in [3.8, 4) is 0 Å². The Labute approximate surface area is 92.6 Å². The van der Waals surface area contributed by atoms with E-state index in [0.717, 1.165) is 11.6 Å². The van der Waals surface area contributed by atoms with Gasteiger partial charge in [0.15, 0.2) is 0 Å². The highest BCUT2D eigenvalue weighted by Crippen LogP contribution is 2.15. The summed E-state index contributed by atoms with van der Waals surface area (Å²) in [7, 11) is 0. The van der Waals surface area contributed by atoms with E-state index >= 15 is 0 Å². The average Bonchev–Trinajstić information content (AvgIpc) is 2.28. The second kappa shape index (κ2) is 5.21. The van der Waals surface area contributed by atoms with Crippen LogP contribution in [0.5, 0.6) is 0 Å². The largest absolute Gasteiger partial charge is 0.365 e. The molecular weight excluding hydrogens is 208 g/mol. The van der Waals surface area contributed by atoms with E-state index in [-0.39, 0.29) is 6.42 Å². The van der Waals surface area contributed by atoms with Gasteiger partial charge in [0.2, 0.25) is 11.8 Å². The Hall–Kier alpha value is -1.97. The monoisotopic (exact) mass is 220 g/mol. The van der Waals surface area contributed by atoms with Crippen LogP contribution in [0.15, 0.2) is 35.3 Å². The second-order valence-corrected chi connectivity index (χ2v) is 3.37. The predicted octanol–water partition coefficient (Wildman–Crippen LogP) is 0.129. The minimum Gasteiger partial charge on any atom is -0.365 e. The molecule has 0 aliphatic carbocycles. The van der Waals surface area contributed by atoms with Crippen LogP contribution in [-0.4, -0.2) is 22.8 Å². The quantitative estimate of drug-likeness (QED) is 0.545. The fourth-order valence-corrected chi connectivity index (χ4v) is 1.27. The molecule has 3 N–H and O–H groups in total. The molecule has 0 bridgehead atoms. The van der Waals surface area contributed by atoms with E-state index in [9.17, 15) is 14.7 Å². The summed E-state index contributed by atoms with van der Waals surface area (Å²) in [6.45, 7) is 0. The molecule has 1 amide bonds. The number of hydrogen-bond donors (Lipinski definition) is 2. The van der Waals surface area contributed by atoms with Gasteiger partial charge in [-0.25, -0.2) is 4.79 Å². The first-order chi connectivity index (χ1) is 7.58. The summed E-state index contributed by atoms with van der Waals surface area (Å²) in [4.78, 5) is 24.1. The number of nitrogens with zero attached hydrogens (tertiary/aromatic N) is 1. The lowest BCUT2D eigenvalue weighted by Crippen LogP contribution is -2.42. The highest BCUT2D eigenvalue weighted by atomic mass is 16.3. The number of carbonyl (C=O) groups excluding carboxylic acids is 2. The third-order valence-electron chi connectivity index (χ3n) is 2.23. The van der Waals surface area contributed by atoms with Crippen molar-refractivity contribution in [2.75, 3.05) is 0 Å². The molecule has 5 nitrogen and oxygen atoms in total. The molecule has 0 saturated heterocycles. The average molecular weight is 220 g/mol. The van der Waals surface area contributed by atoms with E-state index in [4.69, 9.17) is 5.73 Å². The fraction of sp³-hybridized carbons (Fsp3) is 0.273. The van der Waals surface area contributed by atoms with Crippen LogP contribution in [0, 0.1) is 0 Å². The molecule has 0 fully saturated rings. The van der Waals surface area contributed by atoms with Gasteiger partial charge in [0, 0.05) is 6.42 Å². The normalized spacial score (nSPS) is 13.6. The van der Waals surface area contributed by atoms with Crippen molar-refractivity contribution in [3.05, 3.63) is 35.9 Å². The van der Waals surface area contributed by atoms with Crippen molar-refractivity contribution >= 4 is 12.0 Å². The lowest BCUT2D eigenvalue weighted by molar-refractivity contribution is -0.136. The third kappa shape index (κ3) is 3.02. The zero-order valence-electron chi connectivity index (χ0n) is 8.59. The molecule has 1 atom stereocenters. The summed E-state index contributed by atoms with van der Waals surface area (Å²) in [5, 5.41) is 9.65. The number of amides is 1. The van der Waals surface area contributed by atoms with E-state index in [1.165, 1.54) is 0 Å². The molecular formula is C11H12N2O3. The molecule has 1 unspecified atom stereocenters. The molecule has 5 heteroatoms. The number of isocyanates is 1. The van der Waals surface area contributed by atoms with Crippen LogP contribution < -0.4 is 5.73 Å². The Bertz CT molecular complexity index is 408. The molecule has 0 aromatic heterocycles. The van der Waals surface area contributed by atoms with E-state index in [0.29, 0.717) is 6.42 Å². The van der Waals surface area contributed by atoms with Crippen LogP contribution in [0.25, 0.3) is 0 Å². The SMILES string of the molecule is NC(=O)C(O)(CCc1ccccc1)N=C=O. The number of benzene rings is 1. The maximum Gasteiger partial charge on any atom is 0.273 e. The van der Waals surface area contributed by atoms with Gasteiger partial charge >= 0.3 is 0 Å². The molecule has 0 heterocycles. The summed E-state index contributed by atoms with van der Waals surface area (Å²) in [6, 6.07) is 9.20. The smallest absolute Gasteiger partial charge is 0.273 e. The van der Waals surface area contributed by atoms with Crippen molar-refractivity contribution in [1.29, 1.82) is 0 Å². The molecule has 0 radical (unpaired) electrons. The maximum absolute atomic E-state index is 10.9. The maximum atomic E-state index is 10.9. The van der Waals surface area contributed by atoms with Crippen LogP contribution in [0.3, 0.4) is 0 Å². The Morgan fingerprint density at radius 1 is 1.44 bits per heavy atom. The molecule has 0 saturated carbocycles. The van der Waals surface area contributed by atoms with Gasteiger partial charge in [-0.05, 0) is 12.0 Å². The van der Waals surface area contributed by atoms with Crippen molar-refractivity contribution in [2.45, 2.75) is 18.6 Å². The summed E-state index contributed by atoms with van der Waals surface area (Å²) in [6.07, 6.45) is 1.50. The molecule has 1 aromatic rings. The van der Waals surface area contributed by atoms with Crippen LogP contribution in [0.1, 0.15) is 12.0 Å². The van der Waals surface area contributed by atoms with Gasteiger partial charge in [-0.3, -0.25) is 4.79 Å². The van der Waals surface area contributed by atoms with E-state index < -0.39 is 11.6 Å². The van der Waals surface area contributed by atoms with E-state index in [1.807, 2.05) is 30.3 Å². The Kier molecular flexibility index (Phi) is 3.94. The summed E-state index contributed by atoms with van der Waals surface area (Å²) in [5.74, 6) is -1.05. The third-order valence-corrected chi connectivity index (χ3v) is 2.23. The Morgan fingerprint density at radius 2 is 2.06 bits per heavy atom. The van der Waals surface area contributed by atoms with Crippen molar-refractivity contribution in [2.24, 2.45) is 10.7 Å². The van der Waals surface area contributed by atoms with Gasteiger partial charge in [-0.1, -0.05) is 30.3 Å². The first kappa shape index (κ1) is 12.1. The van der Waals surface area contributed by atoms with Gasteiger partial charge in [-0.2, -0.15) is 4.99 Å². The highest BCUT2D eigenvalue weighted by molar-refractivity contribution is 5.83. The first-order valence-electron chi connectivity index (χ1n) is 4.74. The second-order valence-electron chi connectivity index (χ2n) is 3.37. The Balaban J connectivity index is 2.72. The number of carbonyl (C=O) groups is 1. The van der Waals surface area contributed by atoms with Crippen molar-refractivity contribution < 1.29 is 14.7 Å². The number of primary amides is 1. The van der Waals surface area contributed by atoms with Crippen LogP contribution in [-0.2, 0) is 16.0 Å². The molecule has 0 spiro atoms. The lowest BCUT2D eigenvalue weighted by atomic mass is 10.0. The molecule has 84 valence electrons. The number of aryl methyl sites for hydroxylation is 1. The van der Waals surface area contributed by atoms with Gasteiger partial charge in [0.25, 0.3) is 5.91 Å². The fourth-order valence-electron chi connectivity index (χ4n) is 1.27. The highest BCUT2D eigenvalue weighted by Gasteiger charge is 2.33. The standard InChI is InChI=1S/C11H12N2O3/c12-10(15)11(16,13-8-14)7-6-9-4-2-1-3-5-9/h1-5,16H,6-7H2,(H2,12,15). The molecule has 16 heavy (non-hydrogen) atoms. The van der Waals surface area contributed by atoms with Crippen LogP contribution in [0.4, 0.5) is 0 Å². The van der Waals surface area contributed by atoms with Crippen LogP contribution in [0.2, 0.25) is 0 Å². The van der Waals surface area contributed by atoms with Crippen molar-refractivity contribution in [3.63, 3.8) is 0 Å². The van der Waals surface area contributed by atoms with Gasteiger partial charge in [0.1, 0.15) is 0 Å². The molecule has 0 aliphatic rings. The number of aliphatic imine (C=N–C) groups is 1. The summed E-state index contributed by atoms with van der Waals surface area (Å²) < 4.78 is 0. The van der Waals surface area contributed by atoms with Crippen molar-refractivity contribution in [1.82, 2.24) is 0 Å². The Morgan fingerprint density at radius 3 is 2.56 bits per heavy atom. The number of aliphatic hydroxyl groups is 1. The first-order valence-corrected chi connectivity index (χ1v) is 4.74. The van der Waals surface area contributed by atoms with Gasteiger partial charge < -0.3 is 10.8 Å². The molecule has 1 rings (SSSR count). The summed E-state index contributed by atoms with van der Waals surface area (Å²) >= 11 is 0.